The van der Waals surface area contributed by atoms with Gasteiger partial charge in [0.1, 0.15) is 0 Å². The molecule has 112 valence electrons. The van der Waals surface area contributed by atoms with E-state index >= 15 is 0 Å². The van der Waals surface area contributed by atoms with Crippen LogP contribution in [0.1, 0.15) is 26.7 Å². The summed E-state index contributed by atoms with van der Waals surface area (Å²) in [7, 11) is 0. The maximum absolute atomic E-state index is 10.6. The first-order valence-corrected chi connectivity index (χ1v) is 7.95. The van der Waals surface area contributed by atoms with Crippen LogP contribution in [-0.2, 0) is 4.79 Å². The molecule has 0 saturated carbocycles. The van der Waals surface area contributed by atoms with Gasteiger partial charge >= 0.3 is 5.97 Å². The van der Waals surface area contributed by atoms with E-state index in [-0.39, 0.29) is 6.42 Å². The minimum absolute atomic E-state index is 0.195. The van der Waals surface area contributed by atoms with E-state index in [1.807, 2.05) is 30.3 Å². The van der Waals surface area contributed by atoms with E-state index in [0.29, 0.717) is 19.0 Å². The lowest BCUT2D eigenvalue weighted by atomic mass is 10.2. The number of hydrogen-bond acceptors (Lipinski definition) is 4. The Morgan fingerprint density at radius 3 is 2.67 bits per heavy atom. The lowest BCUT2D eigenvalue weighted by molar-refractivity contribution is -0.137. The summed E-state index contributed by atoms with van der Waals surface area (Å²) in [4.78, 5) is 17.5. The van der Waals surface area contributed by atoms with Crippen molar-refractivity contribution < 1.29 is 9.90 Å². The first kappa shape index (κ1) is 15.5. The van der Waals surface area contributed by atoms with Crippen LogP contribution < -0.4 is 4.90 Å². The van der Waals surface area contributed by atoms with Crippen molar-refractivity contribution in [2.24, 2.45) is 0 Å². The summed E-state index contributed by atoms with van der Waals surface area (Å²) >= 11 is 1.61. The summed E-state index contributed by atoms with van der Waals surface area (Å²) in [5.74, 6) is -0.747. The number of carbonyl (C=O) groups is 1. The van der Waals surface area contributed by atoms with Gasteiger partial charge in [-0.3, -0.25) is 4.79 Å². The topological polar surface area (TPSA) is 53.4 Å². The predicted molar refractivity (Wildman–Crippen MR) is 86.9 cm³/mol. The van der Waals surface area contributed by atoms with Crippen LogP contribution in [0.4, 0.5) is 5.13 Å². The Morgan fingerprint density at radius 2 is 2.05 bits per heavy atom. The fourth-order valence-electron chi connectivity index (χ4n) is 2.11. The second-order valence-corrected chi connectivity index (χ2v) is 6.00. The molecular formula is C16H20N2O2S. The third kappa shape index (κ3) is 4.29. The van der Waals surface area contributed by atoms with Gasteiger partial charge in [-0.15, -0.1) is 11.3 Å². The van der Waals surface area contributed by atoms with E-state index in [9.17, 15) is 4.79 Å². The molecule has 1 N–H and O–H groups in total. The van der Waals surface area contributed by atoms with E-state index in [4.69, 9.17) is 10.1 Å². The largest absolute Gasteiger partial charge is 0.481 e. The number of thiazole rings is 1. The molecule has 5 heteroatoms. The molecule has 0 amide bonds. The van der Waals surface area contributed by atoms with E-state index in [0.717, 1.165) is 16.4 Å². The van der Waals surface area contributed by atoms with Gasteiger partial charge in [-0.05, 0) is 20.3 Å². The van der Waals surface area contributed by atoms with Crippen LogP contribution in [0.3, 0.4) is 0 Å². The second kappa shape index (κ2) is 7.22. The number of rotatable bonds is 7. The lowest BCUT2D eigenvalue weighted by Crippen LogP contribution is -2.31. The van der Waals surface area contributed by atoms with Crippen LogP contribution >= 0.6 is 11.3 Å². The van der Waals surface area contributed by atoms with Crippen LogP contribution in [0.5, 0.6) is 0 Å². The van der Waals surface area contributed by atoms with Gasteiger partial charge < -0.3 is 10.0 Å². The first-order valence-electron chi connectivity index (χ1n) is 7.07. The number of carboxylic acid groups (broad SMARTS) is 1. The number of anilines is 1. The molecule has 2 aromatic rings. The quantitative estimate of drug-likeness (QED) is 0.843. The fraction of sp³-hybridized carbons (Fsp3) is 0.375. The minimum Gasteiger partial charge on any atom is -0.481 e. The highest BCUT2D eigenvalue weighted by atomic mass is 32.1. The standard InChI is InChI=1S/C16H20N2O2S/c1-12(2)18(10-6-9-15(19)20)16-17-14(11-21-16)13-7-4-3-5-8-13/h3-5,7-8,11-12H,6,9-10H2,1-2H3,(H,19,20). The molecule has 2 rings (SSSR count). The van der Waals surface area contributed by atoms with Gasteiger partial charge in [0.2, 0.25) is 0 Å². The minimum atomic E-state index is -0.747. The van der Waals surface area contributed by atoms with Gasteiger partial charge in [-0.1, -0.05) is 30.3 Å². The zero-order valence-electron chi connectivity index (χ0n) is 12.3. The van der Waals surface area contributed by atoms with Crippen LogP contribution in [0.25, 0.3) is 11.3 Å². The van der Waals surface area contributed by atoms with E-state index < -0.39 is 5.97 Å². The summed E-state index contributed by atoms with van der Waals surface area (Å²) in [5, 5.41) is 11.8. The molecule has 0 aliphatic rings. The van der Waals surface area contributed by atoms with Crippen molar-refractivity contribution in [2.45, 2.75) is 32.7 Å². The van der Waals surface area contributed by atoms with Crippen LogP contribution in [-0.4, -0.2) is 28.6 Å². The molecule has 1 aromatic carbocycles. The number of aliphatic carboxylic acids is 1. The fourth-order valence-corrected chi connectivity index (χ4v) is 3.11. The van der Waals surface area contributed by atoms with Crippen molar-refractivity contribution in [2.75, 3.05) is 11.4 Å². The Labute approximate surface area is 129 Å². The van der Waals surface area contributed by atoms with Crippen molar-refractivity contribution in [3.63, 3.8) is 0 Å². The van der Waals surface area contributed by atoms with Gasteiger partial charge in [0, 0.05) is 30.0 Å². The molecule has 0 aliphatic heterocycles. The van der Waals surface area contributed by atoms with Crippen LogP contribution in [0, 0.1) is 0 Å². The van der Waals surface area contributed by atoms with Crippen molar-refractivity contribution >= 4 is 22.4 Å². The predicted octanol–water partition coefficient (Wildman–Crippen LogP) is 3.89. The average Bonchev–Trinajstić information content (AvgIpc) is 2.93. The normalized spacial score (nSPS) is 10.8. The molecule has 0 bridgehead atoms. The third-order valence-corrected chi connectivity index (χ3v) is 4.10. The third-order valence-electron chi connectivity index (χ3n) is 3.22. The Morgan fingerprint density at radius 1 is 1.33 bits per heavy atom. The molecule has 0 spiro atoms. The van der Waals surface area contributed by atoms with Crippen molar-refractivity contribution in [1.29, 1.82) is 0 Å². The summed E-state index contributed by atoms with van der Waals surface area (Å²) in [6.07, 6.45) is 0.827. The van der Waals surface area contributed by atoms with Gasteiger partial charge in [0.05, 0.1) is 5.69 Å². The highest BCUT2D eigenvalue weighted by Crippen LogP contribution is 2.28. The Kier molecular flexibility index (Phi) is 5.33. The van der Waals surface area contributed by atoms with E-state index in [1.54, 1.807) is 11.3 Å². The Balaban J connectivity index is 2.11. The molecule has 0 unspecified atom stereocenters. The number of benzene rings is 1. The first-order chi connectivity index (χ1) is 10.1. The molecule has 0 fully saturated rings. The van der Waals surface area contributed by atoms with Crippen LogP contribution in [0.15, 0.2) is 35.7 Å². The molecule has 1 aromatic heterocycles. The van der Waals surface area contributed by atoms with Crippen molar-refractivity contribution in [3.05, 3.63) is 35.7 Å². The van der Waals surface area contributed by atoms with Crippen LogP contribution in [0.2, 0.25) is 0 Å². The molecule has 21 heavy (non-hydrogen) atoms. The maximum atomic E-state index is 10.6. The number of carboxylic acids is 1. The molecular weight excluding hydrogens is 284 g/mol. The summed E-state index contributed by atoms with van der Waals surface area (Å²) in [6, 6.07) is 10.4. The average molecular weight is 304 g/mol. The Bertz CT molecular complexity index is 581. The van der Waals surface area contributed by atoms with Gasteiger partial charge in [0.15, 0.2) is 5.13 Å². The highest BCUT2D eigenvalue weighted by Gasteiger charge is 2.15. The number of hydrogen-bond donors (Lipinski definition) is 1. The molecule has 4 nitrogen and oxygen atoms in total. The zero-order chi connectivity index (χ0) is 15.2. The summed E-state index contributed by atoms with van der Waals surface area (Å²) < 4.78 is 0. The summed E-state index contributed by atoms with van der Waals surface area (Å²) in [5.41, 5.74) is 2.08. The lowest BCUT2D eigenvalue weighted by Gasteiger charge is -2.25. The van der Waals surface area contributed by atoms with Gasteiger partial charge in [-0.25, -0.2) is 4.98 Å². The molecule has 1 heterocycles. The monoisotopic (exact) mass is 304 g/mol. The van der Waals surface area contributed by atoms with E-state index in [1.165, 1.54) is 0 Å². The van der Waals surface area contributed by atoms with Gasteiger partial charge in [0.25, 0.3) is 0 Å². The van der Waals surface area contributed by atoms with Crippen molar-refractivity contribution in [3.8, 4) is 11.3 Å². The molecule has 0 radical (unpaired) electrons. The Hall–Kier alpha value is -1.88. The molecule has 0 atom stereocenters. The molecule has 0 saturated heterocycles. The van der Waals surface area contributed by atoms with Gasteiger partial charge in [-0.2, -0.15) is 0 Å². The maximum Gasteiger partial charge on any atom is 0.303 e. The molecule has 0 aliphatic carbocycles. The van der Waals surface area contributed by atoms with E-state index in [2.05, 4.69) is 24.1 Å². The number of aromatic nitrogens is 1. The summed E-state index contributed by atoms with van der Waals surface area (Å²) in [6.45, 7) is 4.92. The number of nitrogens with zero attached hydrogens (tertiary/aromatic N) is 2. The second-order valence-electron chi connectivity index (χ2n) is 5.17. The van der Waals surface area contributed by atoms with Crippen molar-refractivity contribution in [1.82, 2.24) is 4.98 Å². The zero-order valence-corrected chi connectivity index (χ0v) is 13.1. The smallest absolute Gasteiger partial charge is 0.303 e. The highest BCUT2D eigenvalue weighted by molar-refractivity contribution is 7.14. The SMILES string of the molecule is CC(C)N(CCCC(=O)O)c1nc(-c2ccccc2)cs1.